The first-order chi connectivity index (χ1) is 4.66. The van der Waals surface area contributed by atoms with Crippen molar-refractivity contribution in [3.05, 3.63) is 0 Å². The molecule has 0 bridgehead atoms. The van der Waals surface area contributed by atoms with E-state index in [2.05, 4.69) is 6.92 Å². The maximum absolute atomic E-state index is 8.69. The van der Waals surface area contributed by atoms with Crippen LogP contribution in [0.25, 0.3) is 0 Å². The zero-order valence-corrected chi connectivity index (χ0v) is 6.59. The summed E-state index contributed by atoms with van der Waals surface area (Å²) in [7, 11) is 0. The molecule has 2 atom stereocenters. The topological polar surface area (TPSA) is 72.3 Å². The lowest BCUT2D eigenvalue weighted by molar-refractivity contribution is 0.165. The molecule has 0 fully saturated rings. The molecule has 10 heavy (non-hydrogen) atoms. The van der Waals surface area contributed by atoms with Gasteiger partial charge in [-0.2, -0.15) is 0 Å². The third-order valence-electron chi connectivity index (χ3n) is 1.49. The second kappa shape index (κ2) is 5.65. The molecule has 0 saturated carbocycles. The van der Waals surface area contributed by atoms with Gasteiger partial charge < -0.3 is 16.6 Å². The molecule has 3 heteroatoms. The molecule has 3 nitrogen and oxygen atoms in total. The number of aliphatic hydroxyl groups is 1. The fourth-order valence-electron chi connectivity index (χ4n) is 0.900. The predicted octanol–water partition coefficient (Wildman–Crippen LogP) is 0.171. The third-order valence-corrected chi connectivity index (χ3v) is 1.49. The van der Waals surface area contributed by atoms with Gasteiger partial charge >= 0.3 is 0 Å². The highest BCUT2D eigenvalue weighted by Crippen LogP contribution is 2.01. The molecule has 0 rings (SSSR count). The molecule has 62 valence electrons. The Kier molecular flexibility index (Phi) is 5.58. The average molecular weight is 146 g/mol. The van der Waals surface area contributed by atoms with Crippen molar-refractivity contribution in [3.8, 4) is 0 Å². The Morgan fingerprint density at radius 2 is 1.80 bits per heavy atom. The molecule has 0 heterocycles. The van der Waals surface area contributed by atoms with Crippen LogP contribution in [0.15, 0.2) is 0 Å². The fraction of sp³-hybridized carbons (Fsp3) is 1.00. The monoisotopic (exact) mass is 146 g/mol. The summed E-state index contributed by atoms with van der Waals surface area (Å²) in [5.74, 6) is 0. The highest BCUT2D eigenvalue weighted by molar-refractivity contribution is 4.61. The van der Waals surface area contributed by atoms with E-state index in [1.165, 1.54) is 0 Å². The van der Waals surface area contributed by atoms with Crippen LogP contribution in [0.1, 0.15) is 32.6 Å². The Bertz CT molecular complexity index is 76.0. The summed E-state index contributed by atoms with van der Waals surface area (Å²) in [5.41, 5.74) is 10.8. The van der Waals surface area contributed by atoms with Crippen LogP contribution in [-0.4, -0.2) is 17.4 Å². The van der Waals surface area contributed by atoms with Crippen molar-refractivity contribution in [3.63, 3.8) is 0 Å². The van der Waals surface area contributed by atoms with Crippen LogP contribution in [0.2, 0.25) is 0 Å². The summed E-state index contributed by atoms with van der Waals surface area (Å²) in [5, 5.41) is 8.69. The van der Waals surface area contributed by atoms with Gasteiger partial charge in [0.1, 0.15) is 6.23 Å². The van der Waals surface area contributed by atoms with Gasteiger partial charge in [0.25, 0.3) is 0 Å². The lowest BCUT2D eigenvalue weighted by Crippen LogP contribution is -2.25. The van der Waals surface area contributed by atoms with E-state index >= 15 is 0 Å². The molecule has 0 radical (unpaired) electrons. The van der Waals surface area contributed by atoms with Gasteiger partial charge in [-0.15, -0.1) is 0 Å². The molecule has 0 saturated heterocycles. The molecule has 0 spiro atoms. The van der Waals surface area contributed by atoms with Crippen molar-refractivity contribution in [2.24, 2.45) is 11.5 Å². The van der Waals surface area contributed by atoms with Gasteiger partial charge in [0.2, 0.25) is 0 Å². The summed E-state index contributed by atoms with van der Waals surface area (Å²) in [4.78, 5) is 0. The van der Waals surface area contributed by atoms with Crippen molar-refractivity contribution < 1.29 is 5.11 Å². The smallest absolute Gasteiger partial charge is 0.102 e. The number of nitrogens with two attached hydrogens (primary N) is 2. The first-order valence-corrected chi connectivity index (χ1v) is 3.86. The van der Waals surface area contributed by atoms with Gasteiger partial charge in [-0.1, -0.05) is 13.3 Å². The minimum atomic E-state index is -0.692. The van der Waals surface area contributed by atoms with Gasteiger partial charge in [-0.05, 0) is 19.3 Å². The van der Waals surface area contributed by atoms with Crippen molar-refractivity contribution in [1.82, 2.24) is 0 Å². The van der Waals surface area contributed by atoms with Crippen LogP contribution in [0.4, 0.5) is 0 Å². The molecule has 0 aromatic rings. The molecule has 0 aliphatic carbocycles. The second-order valence-electron chi connectivity index (χ2n) is 2.69. The number of aliphatic hydroxyl groups excluding tert-OH is 1. The highest BCUT2D eigenvalue weighted by Gasteiger charge is 2.02. The van der Waals surface area contributed by atoms with Crippen LogP contribution in [0.3, 0.4) is 0 Å². The van der Waals surface area contributed by atoms with Crippen molar-refractivity contribution in [2.45, 2.75) is 44.9 Å². The standard InChI is InChI=1S/C7H18N2O/c1-2-3-6(8)4-5-7(9)10/h6-7,10H,2-5,8-9H2,1H3/t6-,7?/m0/s1. The number of hydrogen-bond donors (Lipinski definition) is 3. The maximum Gasteiger partial charge on any atom is 0.102 e. The van der Waals surface area contributed by atoms with Crippen LogP contribution in [-0.2, 0) is 0 Å². The molecule has 1 unspecified atom stereocenters. The first kappa shape index (κ1) is 9.88. The first-order valence-electron chi connectivity index (χ1n) is 3.86. The molecule has 0 aliphatic rings. The number of rotatable bonds is 5. The van der Waals surface area contributed by atoms with Crippen LogP contribution in [0.5, 0.6) is 0 Å². The van der Waals surface area contributed by atoms with Crippen molar-refractivity contribution in [2.75, 3.05) is 0 Å². The Morgan fingerprint density at radius 3 is 2.20 bits per heavy atom. The minimum Gasteiger partial charge on any atom is -0.379 e. The normalized spacial score (nSPS) is 16.8. The zero-order chi connectivity index (χ0) is 7.98. The van der Waals surface area contributed by atoms with E-state index in [1.807, 2.05) is 0 Å². The third kappa shape index (κ3) is 6.01. The quantitative estimate of drug-likeness (QED) is 0.484. The summed E-state index contributed by atoms with van der Waals surface area (Å²) in [6, 6.07) is 0.211. The summed E-state index contributed by atoms with van der Waals surface area (Å²) >= 11 is 0. The summed E-state index contributed by atoms with van der Waals surface area (Å²) < 4.78 is 0. The van der Waals surface area contributed by atoms with Gasteiger partial charge in [-0.3, -0.25) is 0 Å². The largest absolute Gasteiger partial charge is 0.379 e. The van der Waals surface area contributed by atoms with Gasteiger partial charge in [0, 0.05) is 6.04 Å². The maximum atomic E-state index is 8.69. The van der Waals surface area contributed by atoms with Crippen LogP contribution < -0.4 is 11.5 Å². The SMILES string of the molecule is CCC[C@H](N)CCC(N)O. The molecule has 0 aliphatic heterocycles. The molecular weight excluding hydrogens is 128 g/mol. The lowest BCUT2D eigenvalue weighted by atomic mass is 10.1. The van der Waals surface area contributed by atoms with E-state index < -0.39 is 6.23 Å². The Morgan fingerprint density at radius 1 is 1.20 bits per heavy atom. The Balaban J connectivity index is 3.12. The summed E-state index contributed by atoms with van der Waals surface area (Å²) in [6.45, 7) is 2.10. The van der Waals surface area contributed by atoms with Crippen molar-refractivity contribution >= 4 is 0 Å². The van der Waals surface area contributed by atoms with Crippen molar-refractivity contribution in [1.29, 1.82) is 0 Å². The van der Waals surface area contributed by atoms with Gasteiger partial charge in [-0.25, -0.2) is 0 Å². The van der Waals surface area contributed by atoms with Gasteiger partial charge in [0.05, 0.1) is 0 Å². The molecule has 5 N–H and O–H groups in total. The van der Waals surface area contributed by atoms with Crippen LogP contribution in [0, 0.1) is 0 Å². The Labute approximate surface area is 62.4 Å². The minimum absolute atomic E-state index is 0.211. The molecule has 0 amide bonds. The molecule has 0 aromatic carbocycles. The Hall–Kier alpha value is -0.120. The lowest BCUT2D eigenvalue weighted by Gasteiger charge is -2.10. The number of hydrogen-bond acceptors (Lipinski definition) is 3. The van der Waals surface area contributed by atoms with E-state index in [0.29, 0.717) is 6.42 Å². The molecular formula is C7H18N2O. The summed E-state index contributed by atoms with van der Waals surface area (Å²) in [6.07, 6.45) is 2.87. The predicted molar refractivity (Wildman–Crippen MR) is 42.3 cm³/mol. The van der Waals surface area contributed by atoms with E-state index in [-0.39, 0.29) is 6.04 Å². The fourth-order valence-corrected chi connectivity index (χ4v) is 0.900. The van der Waals surface area contributed by atoms with E-state index in [1.54, 1.807) is 0 Å². The van der Waals surface area contributed by atoms with E-state index in [9.17, 15) is 0 Å². The highest BCUT2D eigenvalue weighted by atomic mass is 16.3. The van der Waals surface area contributed by atoms with E-state index in [0.717, 1.165) is 19.3 Å². The average Bonchev–Trinajstić information content (AvgIpc) is 1.85. The zero-order valence-electron chi connectivity index (χ0n) is 6.59. The van der Waals surface area contributed by atoms with E-state index in [4.69, 9.17) is 16.6 Å². The van der Waals surface area contributed by atoms with Gasteiger partial charge in [0.15, 0.2) is 0 Å². The second-order valence-corrected chi connectivity index (χ2v) is 2.69. The van der Waals surface area contributed by atoms with Crippen LogP contribution >= 0.6 is 0 Å². The molecule has 0 aromatic heterocycles.